The summed E-state index contributed by atoms with van der Waals surface area (Å²) in [5.41, 5.74) is 2.70. The Hall–Kier alpha value is -2.51. The molecule has 0 aliphatic rings. The van der Waals surface area contributed by atoms with Gasteiger partial charge in [0.05, 0.1) is 10.4 Å². The number of rotatable bonds is 4. The molecular weight excluding hydrogens is 343 g/mol. The SMILES string of the molecule is Cc1cc(C)c2[nH]c(=O)c(CNS(=O)(=O)c3ccc(F)cc3)cc2c1. The highest BCUT2D eigenvalue weighted by molar-refractivity contribution is 7.89. The van der Waals surface area contributed by atoms with Gasteiger partial charge in [-0.25, -0.2) is 17.5 Å². The Kier molecular flexibility index (Phi) is 4.45. The standard InChI is InChI=1S/C18H17FN2O3S/c1-11-7-12(2)17-13(8-11)9-14(18(22)21-17)10-20-25(23,24)16-5-3-15(19)4-6-16/h3-9,20H,10H2,1-2H3,(H,21,22). The first-order chi connectivity index (χ1) is 11.8. The van der Waals surface area contributed by atoms with E-state index in [9.17, 15) is 17.6 Å². The predicted molar refractivity (Wildman–Crippen MR) is 94.5 cm³/mol. The Morgan fingerprint density at radius 1 is 1.08 bits per heavy atom. The quantitative estimate of drug-likeness (QED) is 0.751. The second-order valence-electron chi connectivity index (χ2n) is 5.95. The number of benzene rings is 2. The van der Waals surface area contributed by atoms with E-state index < -0.39 is 15.8 Å². The first kappa shape index (κ1) is 17.3. The summed E-state index contributed by atoms with van der Waals surface area (Å²) in [7, 11) is -3.83. The van der Waals surface area contributed by atoms with Crippen molar-refractivity contribution in [2.24, 2.45) is 0 Å². The molecule has 0 aliphatic carbocycles. The number of aromatic nitrogens is 1. The van der Waals surface area contributed by atoms with Crippen LogP contribution in [0.15, 0.2) is 52.2 Å². The summed E-state index contributed by atoms with van der Waals surface area (Å²) in [6.07, 6.45) is 0. The summed E-state index contributed by atoms with van der Waals surface area (Å²) in [6, 6.07) is 10.1. The highest BCUT2D eigenvalue weighted by Gasteiger charge is 2.15. The number of halogens is 1. The van der Waals surface area contributed by atoms with Crippen LogP contribution in [0.1, 0.15) is 16.7 Å². The third kappa shape index (κ3) is 3.62. The van der Waals surface area contributed by atoms with Crippen molar-refractivity contribution in [1.82, 2.24) is 9.71 Å². The summed E-state index contributed by atoms with van der Waals surface area (Å²) in [5.74, 6) is -0.518. The van der Waals surface area contributed by atoms with Crippen molar-refractivity contribution in [3.8, 4) is 0 Å². The summed E-state index contributed by atoms with van der Waals surface area (Å²) in [4.78, 5) is 15.0. The molecule has 1 heterocycles. The lowest BCUT2D eigenvalue weighted by Crippen LogP contribution is -2.27. The number of hydrogen-bond acceptors (Lipinski definition) is 3. The molecule has 2 aromatic carbocycles. The van der Waals surface area contributed by atoms with E-state index >= 15 is 0 Å². The first-order valence-corrected chi connectivity index (χ1v) is 9.13. The van der Waals surface area contributed by atoms with Gasteiger partial charge in [-0.2, -0.15) is 0 Å². The van der Waals surface area contributed by atoms with Crippen molar-refractivity contribution in [2.45, 2.75) is 25.3 Å². The number of pyridine rings is 1. The molecule has 0 fully saturated rings. The van der Waals surface area contributed by atoms with E-state index in [1.165, 1.54) is 12.1 Å². The van der Waals surface area contributed by atoms with Gasteiger partial charge >= 0.3 is 0 Å². The maximum atomic E-state index is 12.9. The topological polar surface area (TPSA) is 79.0 Å². The zero-order valence-corrected chi connectivity index (χ0v) is 14.6. The lowest BCUT2D eigenvalue weighted by atomic mass is 10.1. The molecule has 0 bridgehead atoms. The first-order valence-electron chi connectivity index (χ1n) is 7.65. The van der Waals surface area contributed by atoms with Crippen LogP contribution in [0.4, 0.5) is 4.39 Å². The molecule has 0 amide bonds. The fourth-order valence-electron chi connectivity index (χ4n) is 2.73. The maximum Gasteiger partial charge on any atom is 0.252 e. The van der Waals surface area contributed by atoms with Crippen LogP contribution in [0.25, 0.3) is 10.9 Å². The van der Waals surface area contributed by atoms with Gasteiger partial charge < -0.3 is 4.98 Å². The van der Waals surface area contributed by atoms with Gasteiger partial charge in [-0.3, -0.25) is 4.79 Å². The highest BCUT2D eigenvalue weighted by Crippen LogP contribution is 2.18. The second kappa shape index (κ2) is 6.42. The Balaban J connectivity index is 1.91. The Labute approximate surface area is 144 Å². The molecule has 0 spiro atoms. The number of aromatic amines is 1. The fraction of sp³-hybridized carbons (Fsp3) is 0.167. The molecule has 3 aromatic rings. The van der Waals surface area contributed by atoms with Gasteiger partial charge in [0, 0.05) is 12.1 Å². The highest BCUT2D eigenvalue weighted by atomic mass is 32.2. The van der Waals surface area contributed by atoms with Crippen molar-refractivity contribution < 1.29 is 12.8 Å². The van der Waals surface area contributed by atoms with E-state index in [1.54, 1.807) is 6.07 Å². The molecule has 2 N–H and O–H groups in total. The molecule has 3 rings (SSSR count). The molecule has 0 radical (unpaired) electrons. The summed E-state index contributed by atoms with van der Waals surface area (Å²) < 4.78 is 39.8. The molecule has 0 atom stereocenters. The Bertz CT molecular complexity index is 1100. The van der Waals surface area contributed by atoms with Gasteiger partial charge in [0.15, 0.2) is 0 Å². The minimum absolute atomic E-state index is 0.0576. The van der Waals surface area contributed by atoms with Gasteiger partial charge in [0.2, 0.25) is 10.0 Å². The minimum Gasteiger partial charge on any atom is -0.321 e. The van der Waals surface area contributed by atoms with E-state index in [2.05, 4.69) is 9.71 Å². The van der Waals surface area contributed by atoms with Crippen molar-refractivity contribution in [1.29, 1.82) is 0 Å². The van der Waals surface area contributed by atoms with E-state index in [4.69, 9.17) is 0 Å². The smallest absolute Gasteiger partial charge is 0.252 e. The van der Waals surface area contributed by atoms with Crippen LogP contribution in [-0.2, 0) is 16.6 Å². The molecule has 0 unspecified atom stereocenters. The number of sulfonamides is 1. The van der Waals surface area contributed by atoms with Crippen LogP contribution in [0, 0.1) is 19.7 Å². The monoisotopic (exact) mass is 360 g/mol. The zero-order chi connectivity index (χ0) is 18.2. The summed E-state index contributed by atoms with van der Waals surface area (Å²) >= 11 is 0. The fourth-order valence-corrected chi connectivity index (χ4v) is 3.74. The van der Waals surface area contributed by atoms with Gasteiger partial charge in [0.25, 0.3) is 5.56 Å². The van der Waals surface area contributed by atoms with Crippen LogP contribution >= 0.6 is 0 Å². The number of hydrogen-bond donors (Lipinski definition) is 2. The van der Waals surface area contributed by atoms with E-state index in [0.29, 0.717) is 5.56 Å². The van der Waals surface area contributed by atoms with Crippen LogP contribution in [0.3, 0.4) is 0 Å². The molecule has 0 aliphatic heterocycles. The minimum atomic E-state index is -3.83. The summed E-state index contributed by atoms with van der Waals surface area (Å²) in [5, 5.41) is 0.841. The maximum absolute atomic E-state index is 12.9. The van der Waals surface area contributed by atoms with Gasteiger partial charge in [-0.15, -0.1) is 0 Å². The second-order valence-corrected chi connectivity index (χ2v) is 7.72. The number of nitrogens with one attached hydrogen (secondary N) is 2. The Morgan fingerprint density at radius 2 is 1.76 bits per heavy atom. The Morgan fingerprint density at radius 3 is 2.44 bits per heavy atom. The van der Waals surface area contributed by atoms with Crippen molar-refractivity contribution in [2.75, 3.05) is 0 Å². The lowest BCUT2D eigenvalue weighted by Gasteiger charge is -2.09. The summed E-state index contributed by atoms with van der Waals surface area (Å²) in [6.45, 7) is 3.70. The largest absolute Gasteiger partial charge is 0.321 e. The molecule has 0 saturated carbocycles. The van der Waals surface area contributed by atoms with Crippen molar-refractivity contribution in [3.05, 3.63) is 75.3 Å². The van der Waals surface area contributed by atoms with Crippen molar-refractivity contribution >= 4 is 20.9 Å². The zero-order valence-electron chi connectivity index (χ0n) is 13.8. The number of fused-ring (bicyclic) bond motifs is 1. The van der Waals surface area contributed by atoms with Crippen LogP contribution in [0.2, 0.25) is 0 Å². The van der Waals surface area contributed by atoms with Crippen LogP contribution in [-0.4, -0.2) is 13.4 Å². The predicted octanol–water partition coefficient (Wildman–Crippen LogP) is 2.76. The van der Waals surface area contributed by atoms with E-state index in [1.807, 2.05) is 26.0 Å². The normalized spacial score (nSPS) is 11.8. The third-order valence-corrected chi connectivity index (χ3v) is 5.36. The lowest BCUT2D eigenvalue weighted by molar-refractivity contribution is 0.580. The molecule has 25 heavy (non-hydrogen) atoms. The number of H-pyrrole nitrogens is 1. The average Bonchev–Trinajstić information content (AvgIpc) is 2.54. The molecular formula is C18H17FN2O3S. The van der Waals surface area contributed by atoms with E-state index in [-0.39, 0.29) is 17.0 Å². The molecule has 7 heteroatoms. The van der Waals surface area contributed by atoms with E-state index in [0.717, 1.165) is 34.2 Å². The molecule has 0 saturated heterocycles. The van der Waals surface area contributed by atoms with Crippen LogP contribution < -0.4 is 10.3 Å². The third-order valence-electron chi connectivity index (χ3n) is 3.95. The van der Waals surface area contributed by atoms with Gasteiger partial charge in [-0.05, 0) is 61.2 Å². The van der Waals surface area contributed by atoms with Gasteiger partial charge in [-0.1, -0.05) is 11.6 Å². The molecule has 5 nitrogen and oxygen atoms in total. The van der Waals surface area contributed by atoms with Crippen LogP contribution in [0.5, 0.6) is 0 Å². The number of aryl methyl sites for hydroxylation is 2. The average molecular weight is 360 g/mol. The molecule has 130 valence electrons. The molecule has 1 aromatic heterocycles. The van der Waals surface area contributed by atoms with Crippen molar-refractivity contribution in [3.63, 3.8) is 0 Å². The van der Waals surface area contributed by atoms with Gasteiger partial charge in [0.1, 0.15) is 5.82 Å².